The molecule has 0 radical (unpaired) electrons. The molecule has 5 nitrogen and oxygen atoms in total. The van der Waals surface area contributed by atoms with Crippen molar-refractivity contribution in [3.8, 4) is 5.75 Å². The lowest BCUT2D eigenvalue weighted by Gasteiger charge is -2.25. The van der Waals surface area contributed by atoms with Crippen LogP contribution in [0.5, 0.6) is 5.75 Å². The van der Waals surface area contributed by atoms with Crippen LogP contribution in [0.1, 0.15) is 54.4 Å². The SMILES string of the molecule is CCC(N)(CO)CCc1ccc(C(=O)CCCc2ccc(OC)cc2)n1C. The van der Waals surface area contributed by atoms with Gasteiger partial charge in [0.2, 0.25) is 0 Å². The Morgan fingerprint density at radius 1 is 1.19 bits per heavy atom. The minimum atomic E-state index is -0.549. The van der Waals surface area contributed by atoms with Gasteiger partial charge in [-0.1, -0.05) is 19.1 Å². The van der Waals surface area contributed by atoms with Crippen LogP contribution < -0.4 is 10.5 Å². The second-order valence-corrected chi connectivity index (χ2v) is 7.27. The smallest absolute Gasteiger partial charge is 0.179 e. The maximum atomic E-state index is 12.6. The minimum absolute atomic E-state index is 0.0227. The van der Waals surface area contributed by atoms with E-state index in [1.54, 1.807) is 7.11 Å². The third kappa shape index (κ3) is 5.68. The first-order valence-electron chi connectivity index (χ1n) is 9.63. The molecule has 1 unspecified atom stereocenters. The Morgan fingerprint density at radius 2 is 1.89 bits per heavy atom. The topological polar surface area (TPSA) is 77.5 Å². The molecule has 0 amide bonds. The quantitative estimate of drug-likeness (QED) is 0.594. The van der Waals surface area contributed by atoms with Crippen molar-refractivity contribution in [3.05, 3.63) is 53.3 Å². The zero-order chi connectivity index (χ0) is 19.9. The number of aryl methyl sites for hydroxylation is 2. The first-order chi connectivity index (χ1) is 12.9. The summed E-state index contributed by atoms with van der Waals surface area (Å²) >= 11 is 0. The van der Waals surface area contributed by atoms with Gasteiger partial charge in [0.15, 0.2) is 5.78 Å². The summed E-state index contributed by atoms with van der Waals surface area (Å²) in [5.41, 5.74) is 8.64. The maximum absolute atomic E-state index is 12.6. The molecule has 148 valence electrons. The number of aliphatic hydroxyl groups excluding tert-OH is 1. The van der Waals surface area contributed by atoms with E-state index in [0.29, 0.717) is 12.8 Å². The summed E-state index contributed by atoms with van der Waals surface area (Å²) in [4.78, 5) is 12.6. The lowest BCUT2D eigenvalue weighted by Crippen LogP contribution is -2.43. The van der Waals surface area contributed by atoms with Gasteiger partial charge in [-0.05, 0) is 61.9 Å². The molecular weight excluding hydrogens is 340 g/mol. The first kappa shape index (κ1) is 21.2. The normalized spacial score (nSPS) is 13.4. The van der Waals surface area contributed by atoms with Crippen LogP contribution in [-0.4, -0.2) is 34.7 Å². The lowest BCUT2D eigenvalue weighted by molar-refractivity contribution is 0.0972. The second-order valence-electron chi connectivity index (χ2n) is 7.27. The average Bonchev–Trinajstić information content (AvgIpc) is 3.07. The van der Waals surface area contributed by atoms with Crippen LogP contribution in [0.15, 0.2) is 36.4 Å². The molecule has 0 fully saturated rings. The highest BCUT2D eigenvalue weighted by Crippen LogP contribution is 2.19. The van der Waals surface area contributed by atoms with Crippen LogP contribution in [0.4, 0.5) is 0 Å². The highest BCUT2D eigenvalue weighted by atomic mass is 16.5. The van der Waals surface area contributed by atoms with E-state index in [0.717, 1.165) is 42.8 Å². The number of carbonyl (C=O) groups is 1. The number of benzene rings is 1. The molecule has 1 aromatic heterocycles. The van der Waals surface area contributed by atoms with E-state index >= 15 is 0 Å². The molecule has 2 aromatic rings. The molecule has 1 atom stereocenters. The van der Waals surface area contributed by atoms with Crippen molar-refractivity contribution in [2.75, 3.05) is 13.7 Å². The fourth-order valence-corrected chi connectivity index (χ4v) is 3.20. The van der Waals surface area contributed by atoms with Crippen molar-refractivity contribution in [2.24, 2.45) is 12.8 Å². The molecule has 0 saturated heterocycles. The Bertz CT molecular complexity index is 731. The molecule has 0 spiro atoms. The Hall–Kier alpha value is -2.11. The third-order valence-corrected chi connectivity index (χ3v) is 5.44. The largest absolute Gasteiger partial charge is 0.497 e. The minimum Gasteiger partial charge on any atom is -0.497 e. The summed E-state index contributed by atoms with van der Waals surface area (Å²) < 4.78 is 7.12. The van der Waals surface area contributed by atoms with E-state index in [1.807, 2.05) is 54.9 Å². The number of hydrogen-bond acceptors (Lipinski definition) is 4. The van der Waals surface area contributed by atoms with Crippen LogP contribution in [0.2, 0.25) is 0 Å². The van der Waals surface area contributed by atoms with Gasteiger partial charge >= 0.3 is 0 Å². The van der Waals surface area contributed by atoms with E-state index in [1.165, 1.54) is 5.56 Å². The van der Waals surface area contributed by atoms with Gasteiger partial charge in [0.1, 0.15) is 5.75 Å². The van der Waals surface area contributed by atoms with Crippen LogP contribution in [0.3, 0.4) is 0 Å². The zero-order valence-corrected chi connectivity index (χ0v) is 16.7. The highest BCUT2D eigenvalue weighted by Gasteiger charge is 2.22. The van der Waals surface area contributed by atoms with Crippen molar-refractivity contribution < 1.29 is 14.6 Å². The van der Waals surface area contributed by atoms with E-state index in [9.17, 15) is 9.90 Å². The molecule has 1 heterocycles. The van der Waals surface area contributed by atoms with Gasteiger partial charge in [-0.2, -0.15) is 0 Å². The van der Waals surface area contributed by atoms with Gasteiger partial charge in [0.05, 0.1) is 19.4 Å². The Labute approximate surface area is 162 Å². The number of rotatable bonds is 11. The summed E-state index contributed by atoms with van der Waals surface area (Å²) in [7, 11) is 3.58. The van der Waals surface area contributed by atoms with E-state index in [2.05, 4.69) is 0 Å². The summed E-state index contributed by atoms with van der Waals surface area (Å²) in [5, 5.41) is 9.45. The predicted molar refractivity (Wildman–Crippen MR) is 108 cm³/mol. The lowest BCUT2D eigenvalue weighted by atomic mass is 9.92. The molecular formula is C22H32N2O3. The Kier molecular flexibility index (Phi) is 7.63. The molecule has 5 heteroatoms. The van der Waals surface area contributed by atoms with E-state index < -0.39 is 5.54 Å². The molecule has 0 saturated carbocycles. The number of aliphatic hydroxyl groups is 1. The fraction of sp³-hybridized carbons (Fsp3) is 0.500. The standard InChI is InChI=1S/C22H32N2O3/c1-4-22(23,16-25)15-14-18-10-13-20(24(18)2)21(26)7-5-6-17-8-11-19(27-3)12-9-17/h8-13,25H,4-7,14-16,23H2,1-3H3. The van der Waals surface area contributed by atoms with E-state index in [-0.39, 0.29) is 12.4 Å². The fourth-order valence-electron chi connectivity index (χ4n) is 3.20. The van der Waals surface area contributed by atoms with Crippen molar-refractivity contribution in [1.82, 2.24) is 4.57 Å². The van der Waals surface area contributed by atoms with Crippen molar-refractivity contribution in [1.29, 1.82) is 0 Å². The summed E-state index contributed by atoms with van der Waals surface area (Å²) in [6.07, 6.45) is 4.39. The Morgan fingerprint density at radius 3 is 2.48 bits per heavy atom. The molecule has 0 aliphatic rings. The molecule has 0 aliphatic heterocycles. The summed E-state index contributed by atoms with van der Waals surface area (Å²) in [6.45, 7) is 1.96. The number of nitrogens with zero attached hydrogens (tertiary/aromatic N) is 1. The van der Waals surface area contributed by atoms with Gasteiger partial charge in [0, 0.05) is 24.7 Å². The first-order valence-corrected chi connectivity index (χ1v) is 9.63. The number of aromatic nitrogens is 1. The zero-order valence-electron chi connectivity index (χ0n) is 16.7. The van der Waals surface area contributed by atoms with Crippen LogP contribution in [0.25, 0.3) is 0 Å². The van der Waals surface area contributed by atoms with Crippen LogP contribution in [-0.2, 0) is 19.9 Å². The van der Waals surface area contributed by atoms with E-state index in [4.69, 9.17) is 10.5 Å². The number of ketones is 1. The molecule has 27 heavy (non-hydrogen) atoms. The summed E-state index contributed by atoms with van der Waals surface area (Å²) in [5.74, 6) is 1.01. The highest BCUT2D eigenvalue weighted by molar-refractivity contribution is 5.94. The number of methoxy groups -OCH3 is 1. The molecule has 0 bridgehead atoms. The number of nitrogens with two attached hydrogens (primary N) is 1. The van der Waals surface area contributed by atoms with Gasteiger partial charge in [-0.3, -0.25) is 4.79 Å². The number of hydrogen-bond donors (Lipinski definition) is 2. The number of carbonyl (C=O) groups excluding carboxylic acids is 1. The monoisotopic (exact) mass is 372 g/mol. The van der Waals surface area contributed by atoms with Crippen molar-refractivity contribution in [2.45, 2.75) is 51.0 Å². The van der Waals surface area contributed by atoms with Crippen molar-refractivity contribution in [3.63, 3.8) is 0 Å². The van der Waals surface area contributed by atoms with Gasteiger partial charge < -0.3 is 20.1 Å². The molecule has 1 aromatic carbocycles. The molecule has 3 N–H and O–H groups in total. The third-order valence-electron chi connectivity index (χ3n) is 5.44. The van der Waals surface area contributed by atoms with Gasteiger partial charge in [0.25, 0.3) is 0 Å². The molecule has 0 aliphatic carbocycles. The van der Waals surface area contributed by atoms with Gasteiger partial charge in [-0.15, -0.1) is 0 Å². The van der Waals surface area contributed by atoms with Crippen LogP contribution >= 0.6 is 0 Å². The van der Waals surface area contributed by atoms with Gasteiger partial charge in [-0.25, -0.2) is 0 Å². The van der Waals surface area contributed by atoms with Crippen LogP contribution in [0, 0.1) is 0 Å². The number of Topliss-reactive ketones (excluding diaryl/α,β-unsaturated/α-hetero) is 1. The summed E-state index contributed by atoms with van der Waals surface area (Å²) in [6, 6.07) is 11.9. The maximum Gasteiger partial charge on any atom is 0.179 e. The Balaban J connectivity index is 1.88. The average molecular weight is 373 g/mol. The molecule has 2 rings (SSSR count). The van der Waals surface area contributed by atoms with Crippen molar-refractivity contribution >= 4 is 5.78 Å². The predicted octanol–water partition coefficient (Wildman–Crippen LogP) is 3.27. The number of ether oxygens (including phenoxy) is 1. The second kappa shape index (κ2) is 9.72.